The Kier molecular flexibility index (Phi) is 4.00. The van der Waals surface area contributed by atoms with Crippen LogP contribution in [0.3, 0.4) is 0 Å². The van der Waals surface area contributed by atoms with E-state index in [1.165, 1.54) is 6.42 Å². The van der Waals surface area contributed by atoms with Crippen molar-refractivity contribution in [2.75, 3.05) is 0 Å². The zero-order chi connectivity index (χ0) is 9.84. The van der Waals surface area contributed by atoms with E-state index in [-0.39, 0.29) is 6.04 Å². The Morgan fingerprint density at radius 1 is 1.62 bits per heavy atom. The third-order valence-electron chi connectivity index (χ3n) is 2.40. The lowest BCUT2D eigenvalue weighted by atomic mass is 9.97. The predicted molar refractivity (Wildman–Crippen MR) is 57.4 cm³/mol. The van der Waals surface area contributed by atoms with Crippen molar-refractivity contribution in [3.05, 3.63) is 22.6 Å². The fourth-order valence-corrected chi connectivity index (χ4v) is 1.83. The molecule has 0 saturated heterocycles. The van der Waals surface area contributed by atoms with Gasteiger partial charge in [0.05, 0.1) is 6.26 Å². The Balaban J connectivity index is 2.58. The van der Waals surface area contributed by atoms with Crippen molar-refractivity contribution in [1.82, 2.24) is 0 Å². The Bertz CT molecular complexity index is 259. The van der Waals surface area contributed by atoms with E-state index < -0.39 is 0 Å². The molecule has 1 rings (SSSR count). The van der Waals surface area contributed by atoms with Gasteiger partial charge in [-0.3, -0.25) is 0 Å². The fraction of sp³-hybridized carbons (Fsp3) is 0.600. The summed E-state index contributed by atoms with van der Waals surface area (Å²) in [5, 5.41) is 0. The molecule has 0 aromatic carbocycles. The second-order valence-electron chi connectivity index (χ2n) is 3.51. The quantitative estimate of drug-likeness (QED) is 0.883. The molecule has 0 aliphatic rings. The lowest BCUT2D eigenvalue weighted by Gasteiger charge is -2.14. The maximum atomic E-state index is 6.03. The molecule has 1 heterocycles. The average molecular weight is 246 g/mol. The van der Waals surface area contributed by atoms with Crippen LogP contribution in [0.4, 0.5) is 0 Å². The summed E-state index contributed by atoms with van der Waals surface area (Å²) >= 11 is 3.33. The number of hydrogen-bond acceptors (Lipinski definition) is 2. The monoisotopic (exact) mass is 245 g/mol. The van der Waals surface area contributed by atoms with E-state index in [2.05, 4.69) is 29.8 Å². The van der Waals surface area contributed by atoms with Gasteiger partial charge in [-0.25, -0.2) is 0 Å². The lowest BCUT2D eigenvalue weighted by Crippen LogP contribution is -2.13. The first kappa shape index (κ1) is 10.8. The van der Waals surface area contributed by atoms with Crippen LogP contribution in [0, 0.1) is 5.92 Å². The van der Waals surface area contributed by atoms with E-state index in [0.29, 0.717) is 5.92 Å². The minimum atomic E-state index is 0.0862. The van der Waals surface area contributed by atoms with Crippen LogP contribution in [0.2, 0.25) is 0 Å². The van der Waals surface area contributed by atoms with E-state index in [9.17, 15) is 0 Å². The molecule has 2 atom stereocenters. The standard InChI is InChI=1S/C10H16BrNO/c1-3-7(2)6-9(12)8-4-5-13-10(8)11/h4-5,7,9H,3,6,12H2,1-2H3. The topological polar surface area (TPSA) is 39.2 Å². The van der Waals surface area contributed by atoms with E-state index in [0.717, 1.165) is 16.7 Å². The highest BCUT2D eigenvalue weighted by Crippen LogP contribution is 2.27. The summed E-state index contributed by atoms with van der Waals surface area (Å²) in [6.45, 7) is 4.40. The first-order chi connectivity index (χ1) is 6.15. The summed E-state index contributed by atoms with van der Waals surface area (Å²) in [4.78, 5) is 0. The highest BCUT2D eigenvalue weighted by atomic mass is 79.9. The maximum Gasteiger partial charge on any atom is 0.173 e. The molecule has 2 N–H and O–H groups in total. The molecular formula is C10H16BrNO. The molecule has 3 heteroatoms. The van der Waals surface area contributed by atoms with Crippen molar-refractivity contribution >= 4 is 15.9 Å². The highest BCUT2D eigenvalue weighted by Gasteiger charge is 2.14. The highest BCUT2D eigenvalue weighted by molar-refractivity contribution is 9.10. The van der Waals surface area contributed by atoms with Gasteiger partial charge in [-0.1, -0.05) is 20.3 Å². The van der Waals surface area contributed by atoms with E-state index in [1.807, 2.05) is 6.07 Å². The van der Waals surface area contributed by atoms with Crippen molar-refractivity contribution in [3.63, 3.8) is 0 Å². The molecule has 0 amide bonds. The molecule has 0 aliphatic carbocycles. The Hall–Kier alpha value is -0.280. The molecular weight excluding hydrogens is 230 g/mol. The number of nitrogens with two attached hydrogens (primary N) is 1. The average Bonchev–Trinajstić information content (AvgIpc) is 2.51. The SMILES string of the molecule is CCC(C)CC(N)c1ccoc1Br. The first-order valence-corrected chi connectivity index (χ1v) is 5.43. The molecule has 0 spiro atoms. The Morgan fingerprint density at radius 3 is 2.77 bits per heavy atom. The summed E-state index contributed by atoms with van der Waals surface area (Å²) in [6.07, 6.45) is 3.84. The zero-order valence-corrected chi connectivity index (χ0v) is 9.67. The summed E-state index contributed by atoms with van der Waals surface area (Å²) in [6, 6.07) is 2.01. The van der Waals surface area contributed by atoms with Crippen LogP contribution in [-0.4, -0.2) is 0 Å². The molecule has 0 fully saturated rings. The van der Waals surface area contributed by atoms with Gasteiger partial charge in [0.15, 0.2) is 4.67 Å². The van der Waals surface area contributed by atoms with Gasteiger partial charge in [0, 0.05) is 11.6 Å². The van der Waals surface area contributed by atoms with E-state index in [4.69, 9.17) is 10.2 Å². The summed E-state index contributed by atoms with van der Waals surface area (Å²) in [7, 11) is 0. The molecule has 1 aromatic rings. The molecule has 2 unspecified atom stereocenters. The van der Waals surface area contributed by atoms with Crippen molar-refractivity contribution in [1.29, 1.82) is 0 Å². The van der Waals surface area contributed by atoms with E-state index >= 15 is 0 Å². The van der Waals surface area contributed by atoms with Crippen molar-refractivity contribution in [2.24, 2.45) is 11.7 Å². The van der Waals surface area contributed by atoms with E-state index in [1.54, 1.807) is 6.26 Å². The van der Waals surface area contributed by atoms with Crippen LogP contribution in [0.25, 0.3) is 0 Å². The molecule has 1 aromatic heterocycles. The van der Waals surface area contributed by atoms with Gasteiger partial charge >= 0.3 is 0 Å². The minimum absolute atomic E-state index is 0.0862. The van der Waals surface area contributed by atoms with Gasteiger partial charge < -0.3 is 10.2 Å². The number of hydrogen-bond donors (Lipinski definition) is 1. The third-order valence-corrected chi connectivity index (χ3v) is 3.04. The summed E-state index contributed by atoms with van der Waals surface area (Å²) < 4.78 is 5.90. The first-order valence-electron chi connectivity index (χ1n) is 4.63. The van der Waals surface area contributed by atoms with Crippen LogP contribution in [0.15, 0.2) is 21.4 Å². The van der Waals surface area contributed by atoms with Crippen LogP contribution >= 0.6 is 15.9 Å². The second kappa shape index (κ2) is 4.82. The van der Waals surface area contributed by atoms with Crippen LogP contribution < -0.4 is 5.73 Å². The Labute approximate surface area is 87.6 Å². The molecule has 0 aliphatic heterocycles. The van der Waals surface area contributed by atoms with Gasteiger partial charge in [0.2, 0.25) is 0 Å². The van der Waals surface area contributed by atoms with Gasteiger partial charge in [-0.15, -0.1) is 0 Å². The summed E-state index contributed by atoms with van der Waals surface area (Å²) in [5.74, 6) is 0.664. The number of furan rings is 1. The molecule has 0 bridgehead atoms. The zero-order valence-electron chi connectivity index (χ0n) is 8.09. The Morgan fingerprint density at radius 2 is 2.31 bits per heavy atom. The van der Waals surface area contributed by atoms with Crippen LogP contribution in [0.5, 0.6) is 0 Å². The van der Waals surface area contributed by atoms with Crippen molar-refractivity contribution in [3.8, 4) is 0 Å². The smallest absolute Gasteiger partial charge is 0.173 e. The number of halogens is 1. The molecule has 2 nitrogen and oxygen atoms in total. The van der Waals surface area contributed by atoms with Crippen molar-refractivity contribution < 1.29 is 4.42 Å². The lowest BCUT2D eigenvalue weighted by molar-refractivity contribution is 0.453. The van der Waals surface area contributed by atoms with Gasteiger partial charge in [0.25, 0.3) is 0 Å². The van der Waals surface area contributed by atoms with Crippen molar-refractivity contribution in [2.45, 2.75) is 32.7 Å². The second-order valence-corrected chi connectivity index (χ2v) is 4.23. The molecule has 0 radical (unpaired) electrons. The van der Waals surface area contributed by atoms with Gasteiger partial charge in [0.1, 0.15) is 0 Å². The largest absolute Gasteiger partial charge is 0.457 e. The molecule has 13 heavy (non-hydrogen) atoms. The third kappa shape index (κ3) is 2.85. The van der Waals surface area contributed by atoms with Gasteiger partial charge in [-0.2, -0.15) is 0 Å². The number of rotatable bonds is 4. The van der Waals surface area contributed by atoms with Crippen LogP contribution in [0.1, 0.15) is 38.3 Å². The molecule has 0 saturated carbocycles. The molecule has 74 valence electrons. The minimum Gasteiger partial charge on any atom is -0.457 e. The fourth-order valence-electron chi connectivity index (χ4n) is 1.30. The normalized spacial score (nSPS) is 15.7. The maximum absolute atomic E-state index is 6.03. The predicted octanol–water partition coefficient (Wildman–Crippen LogP) is 3.48. The van der Waals surface area contributed by atoms with Crippen LogP contribution in [-0.2, 0) is 0 Å². The van der Waals surface area contributed by atoms with Gasteiger partial charge in [-0.05, 0) is 34.3 Å². The summed E-state index contributed by atoms with van der Waals surface area (Å²) in [5.41, 5.74) is 7.10.